The molecule has 1 unspecified atom stereocenters. The number of fused-ring (bicyclic) bond motifs is 1. The lowest BCUT2D eigenvalue weighted by Crippen LogP contribution is -2.42. The fraction of sp³-hybridized carbons (Fsp3) is 0.382. The molecule has 6 heteroatoms. The van der Waals surface area contributed by atoms with E-state index in [1.165, 1.54) is 24.8 Å². The maximum absolute atomic E-state index is 14.2. The van der Waals surface area contributed by atoms with Crippen molar-refractivity contribution in [3.8, 4) is 0 Å². The zero-order valence-corrected chi connectivity index (χ0v) is 23.6. The Hall–Kier alpha value is -3.93. The molecule has 6 nitrogen and oxygen atoms in total. The first kappa shape index (κ1) is 26.3. The number of carbonyl (C=O) groups excluding carboxylic acids is 2. The molecule has 0 N–H and O–H groups in total. The summed E-state index contributed by atoms with van der Waals surface area (Å²) in [5.74, 6) is 0.981. The topological polar surface area (TPSA) is 58.4 Å². The number of carbonyl (C=O) groups is 2. The lowest BCUT2D eigenvalue weighted by atomic mass is 9.93. The fourth-order valence-electron chi connectivity index (χ4n) is 6.61. The Balaban J connectivity index is 1.32. The summed E-state index contributed by atoms with van der Waals surface area (Å²) in [5, 5.41) is 0. The molecular formula is C34H38N4O2. The van der Waals surface area contributed by atoms with Crippen LogP contribution in [-0.2, 0) is 22.7 Å². The lowest BCUT2D eigenvalue weighted by Gasteiger charge is -2.35. The first-order valence-corrected chi connectivity index (χ1v) is 14.6. The van der Waals surface area contributed by atoms with Gasteiger partial charge in [0, 0.05) is 37.2 Å². The maximum atomic E-state index is 14.2. The van der Waals surface area contributed by atoms with Gasteiger partial charge in [0.1, 0.15) is 12.4 Å². The second-order valence-electron chi connectivity index (χ2n) is 11.5. The van der Waals surface area contributed by atoms with Crippen molar-refractivity contribution in [1.82, 2.24) is 14.5 Å². The van der Waals surface area contributed by atoms with Crippen LogP contribution in [0.15, 0.2) is 72.8 Å². The second-order valence-corrected chi connectivity index (χ2v) is 11.5. The summed E-state index contributed by atoms with van der Waals surface area (Å²) in [6.07, 6.45) is 6.08. The fourth-order valence-corrected chi connectivity index (χ4v) is 6.61. The average molecular weight is 535 g/mol. The molecule has 0 bridgehead atoms. The molecule has 0 spiro atoms. The molecule has 1 aliphatic heterocycles. The van der Waals surface area contributed by atoms with Crippen molar-refractivity contribution in [3.63, 3.8) is 0 Å². The molecular weight excluding hydrogens is 496 g/mol. The minimum atomic E-state index is -0.0781. The molecule has 2 fully saturated rings. The molecule has 40 heavy (non-hydrogen) atoms. The van der Waals surface area contributed by atoms with Gasteiger partial charge in [-0.05, 0) is 56.0 Å². The normalized spacial score (nSPS) is 18.0. The Morgan fingerprint density at radius 2 is 1.70 bits per heavy atom. The molecule has 4 aromatic rings. The van der Waals surface area contributed by atoms with Crippen molar-refractivity contribution >= 4 is 28.5 Å². The molecule has 1 aromatic heterocycles. The summed E-state index contributed by atoms with van der Waals surface area (Å²) < 4.78 is 2.09. The molecule has 1 saturated carbocycles. The van der Waals surface area contributed by atoms with Crippen molar-refractivity contribution < 1.29 is 9.59 Å². The van der Waals surface area contributed by atoms with Crippen LogP contribution in [0.5, 0.6) is 0 Å². The van der Waals surface area contributed by atoms with Gasteiger partial charge in [0.2, 0.25) is 11.8 Å². The van der Waals surface area contributed by atoms with Crippen molar-refractivity contribution in [3.05, 3.63) is 95.3 Å². The monoisotopic (exact) mass is 534 g/mol. The number of amides is 2. The highest BCUT2D eigenvalue weighted by molar-refractivity contribution is 5.97. The van der Waals surface area contributed by atoms with Gasteiger partial charge in [0.05, 0.1) is 11.0 Å². The Kier molecular flexibility index (Phi) is 7.42. The number of aryl methyl sites for hydroxylation is 2. The van der Waals surface area contributed by atoms with E-state index in [0.29, 0.717) is 19.5 Å². The molecule has 6 rings (SSSR count). The Morgan fingerprint density at radius 3 is 2.48 bits per heavy atom. The van der Waals surface area contributed by atoms with Crippen molar-refractivity contribution in [2.45, 2.75) is 77.4 Å². The van der Waals surface area contributed by atoms with Gasteiger partial charge >= 0.3 is 0 Å². The number of hydrogen-bond donors (Lipinski definition) is 0. The zero-order chi connectivity index (χ0) is 27.6. The maximum Gasteiger partial charge on any atom is 0.243 e. The van der Waals surface area contributed by atoms with E-state index >= 15 is 0 Å². The second kappa shape index (κ2) is 11.3. The van der Waals surface area contributed by atoms with E-state index in [1.54, 1.807) is 0 Å². The molecule has 2 amide bonds. The van der Waals surface area contributed by atoms with Crippen molar-refractivity contribution in [2.75, 3.05) is 11.4 Å². The molecule has 0 radical (unpaired) electrons. The number of hydrogen-bond acceptors (Lipinski definition) is 3. The van der Waals surface area contributed by atoms with Gasteiger partial charge in [-0.3, -0.25) is 9.59 Å². The summed E-state index contributed by atoms with van der Waals surface area (Å²) in [6, 6.07) is 24.8. The van der Waals surface area contributed by atoms with Crippen LogP contribution in [0.2, 0.25) is 0 Å². The smallest absolute Gasteiger partial charge is 0.243 e. The molecule has 2 heterocycles. The van der Waals surface area contributed by atoms with E-state index in [2.05, 4.69) is 47.6 Å². The molecule has 1 aliphatic carbocycles. The summed E-state index contributed by atoms with van der Waals surface area (Å²) in [6.45, 7) is 5.54. The van der Waals surface area contributed by atoms with Crippen LogP contribution < -0.4 is 4.90 Å². The van der Waals surface area contributed by atoms with E-state index in [-0.39, 0.29) is 30.3 Å². The number of benzene rings is 3. The van der Waals surface area contributed by atoms with E-state index in [1.807, 2.05) is 53.4 Å². The van der Waals surface area contributed by atoms with Gasteiger partial charge < -0.3 is 14.4 Å². The van der Waals surface area contributed by atoms with Gasteiger partial charge in [-0.25, -0.2) is 4.98 Å². The lowest BCUT2D eigenvalue weighted by molar-refractivity contribution is -0.135. The predicted molar refractivity (Wildman–Crippen MR) is 159 cm³/mol. The molecule has 2 aliphatic rings. The van der Waals surface area contributed by atoms with Crippen LogP contribution in [0.1, 0.15) is 67.0 Å². The third-order valence-electron chi connectivity index (χ3n) is 8.64. The van der Waals surface area contributed by atoms with Crippen molar-refractivity contribution in [2.24, 2.45) is 0 Å². The van der Waals surface area contributed by atoms with E-state index in [4.69, 9.17) is 4.98 Å². The Labute approximate surface area is 236 Å². The SMILES string of the molecule is Cc1ccc(N2CC(c3nc4ccccc4n3CC(=O)N(Cc3ccccc3)C3CCCCC3)CC2=O)c(C)c1. The molecule has 1 saturated heterocycles. The van der Waals surface area contributed by atoms with E-state index in [0.717, 1.165) is 46.5 Å². The van der Waals surface area contributed by atoms with Crippen LogP contribution >= 0.6 is 0 Å². The number of nitrogens with zero attached hydrogens (tertiary/aromatic N) is 4. The van der Waals surface area contributed by atoms with Gasteiger partial charge in [-0.15, -0.1) is 0 Å². The van der Waals surface area contributed by atoms with Crippen LogP contribution in [0, 0.1) is 13.8 Å². The quantitative estimate of drug-likeness (QED) is 0.271. The van der Waals surface area contributed by atoms with Crippen LogP contribution in [-0.4, -0.2) is 38.9 Å². The zero-order valence-electron chi connectivity index (χ0n) is 23.6. The standard InChI is InChI=1S/C34H38N4O2/c1-24-17-18-30(25(2)19-24)37-22-27(20-32(37)39)34-35-29-15-9-10-16-31(29)38(34)23-33(40)36(28-13-7-4-8-14-28)21-26-11-5-3-6-12-26/h3,5-6,9-12,15-19,27-28H,4,7-8,13-14,20-23H2,1-2H3. The van der Waals surface area contributed by atoms with Gasteiger partial charge in [0.25, 0.3) is 0 Å². The largest absolute Gasteiger partial charge is 0.334 e. The first-order chi connectivity index (χ1) is 19.5. The van der Waals surface area contributed by atoms with Gasteiger partial charge in [0.15, 0.2) is 0 Å². The number of aromatic nitrogens is 2. The Morgan fingerprint density at radius 1 is 0.950 bits per heavy atom. The van der Waals surface area contributed by atoms with Crippen molar-refractivity contribution in [1.29, 1.82) is 0 Å². The van der Waals surface area contributed by atoms with Crippen LogP contribution in [0.3, 0.4) is 0 Å². The summed E-state index contributed by atoms with van der Waals surface area (Å²) in [5.41, 5.74) is 6.22. The predicted octanol–water partition coefficient (Wildman–Crippen LogP) is 6.54. The number of para-hydroxylation sites is 2. The number of rotatable bonds is 7. The highest BCUT2D eigenvalue weighted by Gasteiger charge is 2.36. The summed E-state index contributed by atoms with van der Waals surface area (Å²) in [7, 11) is 0. The molecule has 206 valence electrons. The van der Waals surface area contributed by atoms with E-state index < -0.39 is 0 Å². The highest BCUT2D eigenvalue weighted by Crippen LogP contribution is 2.35. The van der Waals surface area contributed by atoms with Gasteiger partial charge in [-0.2, -0.15) is 0 Å². The summed E-state index contributed by atoms with van der Waals surface area (Å²) in [4.78, 5) is 36.4. The number of anilines is 1. The number of imidazole rings is 1. The third kappa shape index (κ3) is 5.27. The third-order valence-corrected chi connectivity index (χ3v) is 8.64. The summed E-state index contributed by atoms with van der Waals surface area (Å²) >= 11 is 0. The van der Waals surface area contributed by atoms with Crippen LogP contribution in [0.25, 0.3) is 11.0 Å². The highest BCUT2D eigenvalue weighted by atomic mass is 16.2. The van der Waals surface area contributed by atoms with Crippen LogP contribution in [0.4, 0.5) is 5.69 Å². The molecule has 1 atom stereocenters. The average Bonchev–Trinajstić information content (AvgIpc) is 3.53. The minimum Gasteiger partial charge on any atom is -0.334 e. The first-order valence-electron chi connectivity index (χ1n) is 14.6. The minimum absolute atomic E-state index is 0.0781. The van der Waals surface area contributed by atoms with E-state index in [9.17, 15) is 9.59 Å². The Bertz CT molecular complexity index is 1520. The molecule has 3 aromatic carbocycles. The van der Waals surface area contributed by atoms with Gasteiger partial charge in [-0.1, -0.05) is 79.4 Å².